The molecule has 0 saturated carbocycles. The summed E-state index contributed by atoms with van der Waals surface area (Å²) in [6.07, 6.45) is -0.722. The minimum absolute atomic E-state index is 0.0129. The van der Waals surface area contributed by atoms with Crippen LogP contribution in [-0.2, 0) is 16.1 Å². The van der Waals surface area contributed by atoms with Gasteiger partial charge in [-0.05, 0) is 19.5 Å². The second kappa shape index (κ2) is 8.65. The van der Waals surface area contributed by atoms with Gasteiger partial charge < -0.3 is 25.6 Å². The number of hydrogen-bond donors (Lipinski definition) is 2. The van der Waals surface area contributed by atoms with Crippen LogP contribution in [0.25, 0.3) is 0 Å². The molecule has 0 radical (unpaired) electrons. The van der Waals surface area contributed by atoms with Gasteiger partial charge in [0, 0.05) is 25.7 Å². The second-order valence-corrected chi connectivity index (χ2v) is 6.24. The molecule has 132 valence electrons. The minimum atomic E-state index is -0.722. The van der Waals surface area contributed by atoms with Crippen molar-refractivity contribution in [3.63, 3.8) is 0 Å². The molecule has 2 rings (SSSR count). The topological polar surface area (TPSA) is 87.9 Å². The van der Waals surface area contributed by atoms with Crippen molar-refractivity contribution in [2.75, 3.05) is 33.3 Å². The lowest BCUT2D eigenvalue weighted by Crippen LogP contribution is -2.55. The Balaban J connectivity index is 1.77. The predicted molar refractivity (Wildman–Crippen MR) is 91.3 cm³/mol. The molecule has 1 heterocycles. The van der Waals surface area contributed by atoms with Crippen LogP contribution >= 0.6 is 0 Å². The average Bonchev–Trinajstić information content (AvgIpc) is 2.55. The van der Waals surface area contributed by atoms with Gasteiger partial charge in [0.1, 0.15) is 0 Å². The Kier molecular flexibility index (Phi) is 6.57. The van der Waals surface area contributed by atoms with Gasteiger partial charge in [-0.1, -0.05) is 30.3 Å². The number of amides is 3. The Morgan fingerprint density at radius 2 is 2.12 bits per heavy atom. The summed E-state index contributed by atoms with van der Waals surface area (Å²) in [6, 6.07) is 9.98. The molecule has 0 spiro atoms. The highest BCUT2D eigenvalue weighted by atomic mass is 16.5. The van der Waals surface area contributed by atoms with Gasteiger partial charge in [-0.3, -0.25) is 4.79 Å². The molecule has 1 aliphatic heterocycles. The number of rotatable bonds is 6. The molecule has 1 aromatic rings. The summed E-state index contributed by atoms with van der Waals surface area (Å²) in [5.74, 6) is -0.539. The molecule has 1 saturated heterocycles. The van der Waals surface area contributed by atoms with Crippen LogP contribution in [0, 0.1) is 0 Å². The first-order valence-corrected chi connectivity index (χ1v) is 8.14. The van der Waals surface area contributed by atoms with Crippen LogP contribution in [-0.4, -0.2) is 67.2 Å². The van der Waals surface area contributed by atoms with E-state index in [-0.39, 0.29) is 18.6 Å². The van der Waals surface area contributed by atoms with E-state index >= 15 is 0 Å². The highest BCUT2D eigenvalue weighted by molar-refractivity contribution is 5.81. The van der Waals surface area contributed by atoms with Crippen molar-refractivity contribution in [3.05, 3.63) is 35.9 Å². The molecule has 0 bridgehead atoms. The fourth-order valence-electron chi connectivity index (χ4n) is 2.78. The quantitative estimate of drug-likeness (QED) is 0.788. The first-order chi connectivity index (χ1) is 11.5. The molecule has 1 aromatic carbocycles. The van der Waals surface area contributed by atoms with Crippen LogP contribution in [0.4, 0.5) is 4.79 Å². The number of primary amides is 1. The Morgan fingerprint density at radius 1 is 1.42 bits per heavy atom. The highest BCUT2D eigenvalue weighted by Gasteiger charge is 2.28. The van der Waals surface area contributed by atoms with E-state index < -0.39 is 12.0 Å². The summed E-state index contributed by atoms with van der Waals surface area (Å²) in [6.45, 7) is 4.50. The number of carbonyl (C=O) groups is 2. The average molecular weight is 334 g/mol. The van der Waals surface area contributed by atoms with Crippen LogP contribution in [0.5, 0.6) is 0 Å². The summed E-state index contributed by atoms with van der Waals surface area (Å²) in [5.41, 5.74) is 6.47. The number of ether oxygens (including phenoxy) is 1. The van der Waals surface area contributed by atoms with Crippen LogP contribution in [0.2, 0.25) is 0 Å². The zero-order valence-electron chi connectivity index (χ0n) is 14.3. The van der Waals surface area contributed by atoms with Gasteiger partial charge in [0.05, 0.1) is 13.2 Å². The van der Waals surface area contributed by atoms with Crippen molar-refractivity contribution in [1.29, 1.82) is 0 Å². The molecule has 7 nitrogen and oxygen atoms in total. The lowest BCUT2D eigenvalue weighted by Gasteiger charge is -2.32. The summed E-state index contributed by atoms with van der Waals surface area (Å²) in [4.78, 5) is 27.2. The Bertz CT molecular complexity index is 552. The monoisotopic (exact) mass is 334 g/mol. The highest BCUT2D eigenvalue weighted by Crippen LogP contribution is 2.06. The smallest absolute Gasteiger partial charge is 0.317 e. The van der Waals surface area contributed by atoms with Crippen molar-refractivity contribution in [2.24, 2.45) is 5.73 Å². The Hall–Kier alpha value is -2.12. The van der Waals surface area contributed by atoms with Crippen LogP contribution in [0.15, 0.2) is 30.3 Å². The van der Waals surface area contributed by atoms with Crippen molar-refractivity contribution < 1.29 is 14.3 Å². The van der Waals surface area contributed by atoms with E-state index in [2.05, 4.69) is 22.3 Å². The Labute approximate surface area is 142 Å². The van der Waals surface area contributed by atoms with E-state index in [4.69, 9.17) is 10.5 Å². The number of benzene rings is 1. The first-order valence-electron chi connectivity index (χ1n) is 8.14. The molecule has 3 N–H and O–H groups in total. The van der Waals surface area contributed by atoms with Gasteiger partial charge in [-0.15, -0.1) is 0 Å². The molecule has 1 fully saturated rings. The van der Waals surface area contributed by atoms with E-state index in [1.54, 1.807) is 4.90 Å². The van der Waals surface area contributed by atoms with E-state index in [1.807, 2.05) is 32.2 Å². The van der Waals surface area contributed by atoms with Gasteiger partial charge in [0.2, 0.25) is 5.91 Å². The largest absolute Gasteiger partial charge is 0.367 e. The zero-order chi connectivity index (χ0) is 17.5. The number of morpholine rings is 1. The zero-order valence-corrected chi connectivity index (χ0v) is 14.3. The standard InChI is InChI=1S/C17H26N4O3/c1-13(10-20(2)11-14-6-4-3-5-7-14)19-17(23)21-8-9-24-15(12-21)16(18)22/h3-7,13,15H,8-12H2,1-2H3,(H2,18,22)(H,19,23). The third-order valence-corrected chi connectivity index (χ3v) is 3.92. The molecule has 0 aliphatic carbocycles. The van der Waals surface area contributed by atoms with Crippen molar-refractivity contribution in [3.8, 4) is 0 Å². The number of nitrogens with zero attached hydrogens (tertiary/aromatic N) is 2. The minimum Gasteiger partial charge on any atom is -0.367 e. The summed E-state index contributed by atoms with van der Waals surface area (Å²) in [5, 5.41) is 2.96. The van der Waals surface area contributed by atoms with Crippen molar-refractivity contribution in [1.82, 2.24) is 15.1 Å². The lowest BCUT2D eigenvalue weighted by molar-refractivity contribution is -0.133. The number of urea groups is 1. The maximum atomic E-state index is 12.3. The normalized spacial score (nSPS) is 19.1. The van der Waals surface area contributed by atoms with E-state index in [9.17, 15) is 9.59 Å². The third-order valence-electron chi connectivity index (χ3n) is 3.92. The molecule has 3 amide bonds. The number of nitrogens with one attached hydrogen (secondary N) is 1. The van der Waals surface area contributed by atoms with Crippen molar-refractivity contribution >= 4 is 11.9 Å². The summed E-state index contributed by atoms with van der Waals surface area (Å²) < 4.78 is 5.25. The van der Waals surface area contributed by atoms with Gasteiger partial charge in [0.15, 0.2) is 6.10 Å². The molecule has 0 aromatic heterocycles. The van der Waals surface area contributed by atoms with Gasteiger partial charge in [0.25, 0.3) is 0 Å². The molecule has 2 unspecified atom stereocenters. The molecule has 2 atom stereocenters. The Morgan fingerprint density at radius 3 is 2.79 bits per heavy atom. The lowest BCUT2D eigenvalue weighted by atomic mass is 10.2. The van der Waals surface area contributed by atoms with Gasteiger partial charge in [-0.25, -0.2) is 4.79 Å². The van der Waals surface area contributed by atoms with Crippen LogP contribution in [0.3, 0.4) is 0 Å². The molecular formula is C17H26N4O3. The number of hydrogen-bond acceptors (Lipinski definition) is 4. The number of carbonyl (C=O) groups excluding carboxylic acids is 2. The van der Waals surface area contributed by atoms with Crippen LogP contribution < -0.4 is 11.1 Å². The molecular weight excluding hydrogens is 308 g/mol. The number of nitrogens with two attached hydrogens (primary N) is 1. The van der Waals surface area contributed by atoms with E-state index in [1.165, 1.54) is 5.56 Å². The molecule has 7 heteroatoms. The third kappa shape index (κ3) is 5.50. The predicted octanol–water partition coefficient (Wildman–Crippen LogP) is 0.403. The summed E-state index contributed by atoms with van der Waals surface area (Å²) in [7, 11) is 2.02. The fourth-order valence-corrected chi connectivity index (χ4v) is 2.78. The summed E-state index contributed by atoms with van der Waals surface area (Å²) >= 11 is 0. The fraction of sp³-hybridized carbons (Fsp3) is 0.529. The maximum absolute atomic E-state index is 12.3. The maximum Gasteiger partial charge on any atom is 0.317 e. The van der Waals surface area contributed by atoms with Crippen LogP contribution in [0.1, 0.15) is 12.5 Å². The van der Waals surface area contributed by atoms with E-state index in [0.29, 0.717) is 13.2 Å². The molecule has 1 aliphatic rings. The number of likely N-dealkylation sites (N-methyl/N-ethyl adjacent to an activating group) is 1. The van der Waals surface area contributed by atoms with E-state index in [0.717, 1.165) is 13.1 Å². The van der Waals surface area contributed by atoms with Gasteiger partial charge in [-0.2, -0.15) is 0 Å². The molecule has 24 heavy (non-hydrogen) atoms. The van der Waals surface area contributed by atoms with Crippen molar-refractivity contribution in [2.45, 2.75) is 25.6 Å². The van der Waals surface area contributed by atoms with Gasteiger partial charge >= 0.3 is 6.03 Å². The SMILES string of the molecule is CC(CN(C)Cc1ccccc1)NC(=O)N1CCOC(C(N)=O)C1. The first kappa shape index (κ1) is 18.2. The second-order valence-electron chi connectivity index (χ2n) is 6.24.